The predicted octanol–water partition coefficient (Wildman–Crippen LogP) is 5.15. The molecule has 6 nitrogen and oxygen atoms in total. The average molecular weight is 447 g/mol. The smallest absolute Gasteiger partial charge is 0.305 e. The second-order valence-electron chi connectivity index (χ2n) is 7.69. The van der Waals surface area contributed by atoms with Gasteiger partial charge in [0.05, 0.1) is 17.6 Å². The first-order valence-corrected chi connectivity index (χ1v) is 11.7. The topological polar surface area (TPSA) is 75.0 Å². The zero-order valence-electron chi connectivity index (χ0n) is 18.5. The number of hydrogen-bond acceptors (Lipinski definition) is 5. The number of aryl methyl sites for hydroxylation is 2. The fraction of sp³-hybridized carbons (Fsp3) is 0.200. The summed E-state index contributed by atoms with van der Waals surface area (Å²) in [5.41, 5.74) is 5.20. The third-order valence-corrected chi connectivity index (χ3v) is 6.64. The zero-order valence-corrected chi connectivity index (χ0v) is 19.3. The minimum Gasteiger partial charge on any atom is -0.369 e. The van der Waals surface area contributed by atoms with E-state index in [1.807, 2.05) is 45.2 Å². The van der Waals surface area contributed by atoms with Crippen LogP contribution in [0.2, 0.25) is 0 Å². The van der Waals surface area contributed by atoms with E-state index in [1.165, 1.54) is 11.1 Å². The Balaban J connectivity index is 1.44. The Hall–Kier alpha value is -3.29. The molecule has 0 bridgehead atoms. The van der Waals surface area contributed by atoms with Gasteiger partial charge in [0.25, 0.3) is 0 Å². The molecule has 4 rings (SSSR count). The second kappa shape index (κ2) is 9.89. The molecule has 2 aromatic heterocycles. The lowest BCUT2D eigenvalue weighted by molar-refractivity contribution is 0.643. The Morgan fingerprint density at radius 2 is 1.56 bits per heavy atom. The molecular formula is C25H28N5OS+. The van der Waals surface area contributed by atoms with E-state index in [9.17, 15) is 4.55 Å². The van der Waals surface area contributed by atoms with Gasteiger partial charge in [0.15, 0.2) is 0 Å². The van der Waals surface area contributed by atoms with Crippen LogP contribution >= 0.6 is 0 Å². The summed E-state index contributed by atoms with van der Waals surface area (Å²) in [5, 5.41) is 7.84. The van der Waals surface area contributed by atoms with E-state index in [2.05, 4.69) is 68.7 Å². The summed E-state index contributed by atoms with van der Waals surface area (Å²) in [6, 6.07) is 24.8. The number of rotatable bonds is 8. The summed E-state index contributed by atoms with van der Waals surface area (Å²) in [7, 11) is 1.89. The number of hydrogen-bond donors (Lipinski definition) is 3. The van der Waals surface area contributed by atoms with Gasteiger partial charge in [0.1, 0.15) is 11.5 Å². The molecule has 3 N–H and O–H groups in total. The molecule has 0 radical (unpaired) electrons. The first-order valence-electron chi connectivity index (χ1n) is 10.5. The lowest BCUT2D eigenvalue weighted by Gasteiger charge is -2.19. The van der Waals surface area contributed by atoms with Crippen LogP contribution in [0.5, 0.6) is 0 Å². The monoisotopic (exact) mass is 446 g/mol. The van der Waals surface area contributed by atoms with Crippen molar-refractivity contribution < 1.29 is 4.55 Å². The second-order valence-corrected chi connectivity index (χ2v) is 8.93. The molecule has 32 heavy (non-hydrogen) atoms. The van der Waals surface area contributed by atoms with Gasteiger partial charge in [0.2, 0.25) is 4.90 Å². The Kier molecular flexibility index (Phi) is 6.78. The van der Waals surface area contributed by atoms with E-state index >= 15 is 0 Å². The van der Waals surface area contributed by atoms with Crippen LogP contribution in [0, 0.1) is 13.8 Å². The molecule has 0 saturated carbocycles. The third-order valence-electron chi connectivity index (χ3n) is 5.56. The van der Waals surface area contributed by atoms with Crippen molar-refractivity contribution in [3.8, 4) is 0 Å². The van der Waals surface area contributed by atoms with Crippen LogP contribution in [-0.4, -0.2) is 25.9 Å². The Labute approximate surface area is 192 Å². The average Bonchev–Trinajstić information content (AvgIpc) is 3.07. The Morgan fingerprint density at radius 3 is 2.06 bits per heavy atom. The molecule has 2 heterocycles. The highest BCUT2D eigenvalue weighted by Gasteiger charge is 2.25. The summed E-state index contributed by atoms with van der Waals surface area (Å²) < 4.78 is 15.6. The summed E-state index contributed by atoms with van der Waals surface area (Å²) >= 11 is -1.17. The Morgan fingerprint density at radius 1 is 0.938 bits per heavy atom. The molecule has 7 heteroatoms. The largest absolute Gasteiger partial charge is 0.369 e. The third kappa shape index (κ3) is 4.95. The van der Waals surface area contributed by atoms with Crippen molar-refractivity contribution in [1.82, 2.24) is 14.8 Å². The maximum absolute atomic E-state index is 10.7. The fourth-order valence-corrected chi connectivity index (χ4v) is 4.64. The maximum Gasteiger partial charge on any atom is 0.305 e. The maximum atomic E-state index is 10.7. The summed E-state index contributed by atoms with van der Waals surface area (Å²) in [6.45, 7) is 4.62. The van der Waals surface area contributed by atoms with Gasteiger partial charge in [-0.1, -0.05) is 60.7 Å². The molecule has 0 amide bonds. The van der Waals surface area contributed by atoms with E-state index in [-0.39, 0.29) is 5.92 Å². The van der Waals surface area contributed by atoms with Gasteiger partial charge >= 0.3 is 11.4 Å². The van der Waals surface area contributed by atoms with E-state index < -0.39 is 11.4 Å². The first kappa shape index (κ1) is 21.9. The number of pyridine rings is 1. The van der Waals surface area contributed by atoms with Gasteiger partial charge in [-0.05, 0) is 31.0 Å². The number of benzene rings is 2. The molecule has 0 spiro atoms. The van der Waals surface area contributed by atoms with Gasteiger partial charge in [0, 0.05) is 25.6 Å². The predicted molar refractivity (Wildman–Crippen MR) is 132 cm³/mol. The van der Waals surface area contributed by atoms with Crippen LogP contribution in [0.1, 0.15) is 28.4 Å². The Bertz CT molecular complexity index is 1110. The lowest BCUT2D eigenvalue weighted by atomic mass is 9.91. The molecule has 0 aliphatic carbocycles. The van der Waals surface area contributed by atoms with Crippen LogP contribution in [-0.2, 0) is 18.4 Å². The van der Waals surface area contributed by atoms with Gasteiger partial charge in [-0.15, -0.1) is 0 Å². The van der Waals surface area contributed by atoms with Crippen LogP contribution in [0.25, 0.3) is 0 Å². The number of nitrogens with zero attached hydrogens (tertiary/aromatic N) is 3. The van der Waals surface area contributed by atoms with Crippen molar-refractivity contribution in [2.24, 2.45) is 7.05 Å². The molecule has 1 unspecified atom stereocenters. The van der Waals surface area contributed by atoms with E-state index in [0.29, 0.717) is 0 Å². The molecule has 0 aliphatic rings. The van der Waals surface area contributed by atoms with Crippen LogP contribution in [0.4, 0.5) is 11.5 Å². The quantitative estimate of drug-likeness (QED) is 0.326. The van der Waals surface area contributed by atoms with Crippen molar-refractivity contribution in [2.75, 3.05) is 16.6 Å². The van der Waals surface area contributed by atoms with Crippen molar-refractivity contribution in [3.05, 3.63) is 102 Å². The molecule has 2 aromatic carbocycles. The van der Waals surface area contributed by atoms with Crippen molar-refractivity contribution in [2.45, 2.75) is 24.7 Å². The van der Waals surface area contributed by atoms with E-state index in [4.69, 9.17) is 0 Å². The van der Waals surface area contributed by atoms with E-state index in [1.54, 1.807) is 10.9 Å². The summed E-state index contributed by atoms with van der Waals surface area (Å²) in [6.07, 6.45) is 1.71. The molecular weight excluding hydrogens is 418 g/mol. The number of aromatic nitrogens is 3. The highest BCUT2D eigenvalue weighted by molar-refractivity contribution is 7.92. The van der Waals surface area contributed by atoms with Crippen LogP contribution < -0.4 is 10.0 Å². The molecule has 164 valence electrons. The van der Waals surface area contributed by atoms with Crippen molar-refractivity contribution in [1.29, 1.82) is 0 Å². The molecule has 0 saturated heterocycles. The van der Waals surface area contributed by atoms with Gasteiger partial charge in [-0.25, -0.2) is 4.98 Å². The minimum absolute atomic E-state index is 0.213. The molecule has 4 aromatic rings. The summed E-state index contributed by atoms with van der Waals surface area (Å²) in [5.74, 6) is 0.987. The SMILES string of the molecule is Cc1nn(C)c(C)c1N[S+](O)c1ccc(NCC(c2ccccc2)c2ccccc2)nc1. The molecule has 0 aliphatic heterocycles. The number of anilines is 2. The van der Waals surface area contributed by atoms with E-state index in [0.717, 1.165) is 34.3 Å². The van der Waals surface area contributed by atoms with Gasteiger partial charge in [-0.2, -0.15) is 14.4 Å². The number of nitrogens with one attached hydrogen (secondary N) is 2. The summed E-state index contributed by atoms with van der Waals surface area (Å²) in [4.78, 5) is 5.25. The fourth-order valence-electron chi connectivity index (χ4n) is 3.68. The highest BCUT2D eigenvalue weighted by Crippen LogP contribution is 2.26. The van der Waals surface area contributed by atoms with Gasteiger partial charge in [-0.3, -0.25) is 4.68 Å². The van der Waals surface area contributed by atoms with Gasteiger partial charge < -0.3 is 5.32 Å². The van der Waals surface area contributed by atoms with Crippen LogP contribution in [0.3, 0.4) is 0 Å². The van der Waals surface area contributed by atoms with Crippen LogP contribution in [0.15, 0.2) is 83.9 Å². The first-order chi connectivity index (χ1) is 15.5. The lowest BCUT2D eigenvalue weighted by Crippen LogP contribution is -2.16. The molecule has 0 fully saturated rings. The zero-order chi connectivity index (χ0) is 22.5. The van der Waals surface area contributed by atoms with Crippen molar-refractivity contribution >= 4 is 22.9 Å². The standard InChI is InChI=1S/C25H28N5OS/c1-18-25(19(2)30(3)28-18)29-32(31)22-14-15-24(26-16-22)27-17-23(20-10-6-4-7-11-20)21-12-8-5-9-13-21/h4-16,23,29,31H,17H2,1-3H3,(H,26,27)/q+1. The normalized spacial score (nSPS) is 12.0. The van der Waals surface area contributed by atoms with Crippen molar-refractivity contribution in [3.63, 3.8) is 0 Å². The minimum atomic E-state index is -1.17. The molecule has 1 atom stereocenters. The highest BCUT2D eigenvalue weighted by atomic mass is 32.2.